The number of nitrogens with zero attached hydrogens (tertiary/aromatic N) is 3. The van der Waals surface area contributed by atoms with Gasteiger partial charge in [-0.15, -0.1) is 0 Å². The fraction of sp³-hybridized carbons (Fsp3) is 0.800. The first-order valence-electron chi connectivity index (χ1n) is 5.45. The van der Waals surface area contributed by atoms with Crippen LogP contribution in [0.4, 0.5) is 5.95 Å². The SMILES string of the molecule is CCC(CN)Cc1nc(N(C)CC)no1. The summed E-state index contributed by atoms with van der Waals surface area (Å²) in [5, 5.41) is 3.91. The highest BCUT2D eigenvalue weighted by atomic mass is 16.5. The van der Waals surface area contributed by atoms with E-state index in [1.807, 2.05) is 18.9 Å². The summed E-state index contributed by atoms with van der Waals surface area (Å²) < 4.78 is 5.16. The average Bonchev–Trinajstić information content (AvgIpc) is 2.73. The molecule has 5 heteroatoms. The molecule has 1 aromatic rings. The van der Waals surface area contributed by atoms with Gasteiger partial charge in [-0.2, -0.15) is 4.98 Å². The lowest BCUT2D eigenvalue weighted by Crippen LogP contribution is -2.18. The summed E-state index contributed by atoms with van der Waals surface area (Å²) in [4.78, 5) is 6.25. The molecule has 0 spiro atoms. The second-order valence-electron chi connectivity index (χ2n) is 3.72. The summed E-state index contributed by atoms with van der Waals surface area (Å²) in [6, 6.07) is 0. The van der Waals surface area contributed by atoms with Gasteiger partial charge >= 0.3 is 0 Å². The predicted molar refractivity (Wildman–Crippen MR) is 59.8 cm³/mol. The average molecular weight is 212 g/mol. The Hall–Kier alpha value is -1.10. The van der Waals surface area contributed by atoms with Gasteiger partial charge in [-0.05, 0) is 24.5 Å². The van der Waals surface area contributed by atoms with Crippen LogP contribution in [0.1, 0.15) is 26.2 Å². The summed E-state index contributed by atoms with van der Waals surface area (Å²) in [6.45, 7) is 5.70. The molecule has 0 saturated heterocycles. The minimum absolute atomic E-state index is 0.435. The fourth-order valence-electron chi connectivity index (χ4n) is 1.27. The van der Waals surface area contributed by atoms with Gasteiger partial charge in [0.1, 0.15) is 0 Å². The molecule has 86 valence electrons. The molecule has 1 atom stereocenters. The molecule has 0 aliphatic rings. The van der Waals surface area contributed by atoms with Crippen LogP contribution in [0.2, 0.25) is 0 Å². The summed E-state index contributed by atoms with van der Waals surface area (Å²) in [5.41, 5.74) is 5.62. The van der Waals surface area contributed by atoms with Crippen LogP contribution < -0.4 is 10.6 Å². The quantitative estimate of drug-likeness (QED) is 0.763. The number of hydrogen-bond donors (Lipinski definition) is 1. The monoisotopic (exact) mass is 212 g/mol. The van der Waals surface area contributed by atoms with E-state index in [9.17, 15) is 0 Å². The minimum atomic E-state index is 0.435. The summed E-state index contributed by atoms with van der Waals surface area (Å²) in [7, 11) is 1.94. The maximum absolute atomic E-state index is 5.62. The third kappa shape index (κ3) is 3.20. The van der Waals surface area contributed by atoms with Crippen molar-refractivity contribution in [2.24, 2.45) is 11.7 Å². The van der Waals surface area contributed by atoms with E-state index in [0.29, 0.717) is 24.3 Å². The second kappa shape index (κ2) is 5.70. The van der Waals surface area contributed by atoms with Crippen LogP contribution in [0.3, 0.4) is 0 Å². The van der Waals surface area contributed by atoms with Crippen molar-refractivity contribution in [1.29, 1.82) is 0 Å². The van der Waals surface area contributed by atoms with Crippen molar-refractivity contribution in [3.05, 3.63) is 5.89 Å². The van der Waals surface area contributed by atoms with Crippen LogP contribution in [0.25, 0.3) is 0 Å². The first-order chi connectivity index (χ1) is 7.21. The smallest absolute Gasteiger partial charge is 0.265 e. The number of hydrogen-bond acceptors (Lipinski definition) is 5. The van der Waals surface area contributed by atoms with Crippen molar-refractivity contribution in [3.63, 3.8) is 0 Å². The Morgan fingerprint density at radius 1 is 1.47 bits per heavy atom. The Morgan fingerprint density at radius 3 is 2.73 bits per heavy atom. The van der Waals surface area contributed by atoms with Gasteiger partial charge in [0.25, 0.3) is 5.95 Å². The molecule has 1 aromatic heterocycles. The molecule has 0 bridgehead atoms. The van der Waals surface area contributed by atoms with Gasteiger partial charge in [0, 0.05) is 20.0 Å². The van der Waals surface area contributed by atoms with Crippen LogP contribution in [-0.2, 0) is 6.42 Å². The molecule has 0 radical (unpaired) electrons. The standard InChI is InChI=1S/C10H20N4O/c1-4-8(7-11)6-9-12-10(13-15-9)14(3)5-2/h8H,4-7,11H2,1-3H3. The third-order valence-electron chi connectivity index (χ3n) is 2.65. The zero-order valence-electron chi connectivity index (χ0n) is 9.73. The normalized spacial score (nSPS) is 12.8. The molecule has 0 aromatic carbocycles. The van der Waals surface area contributed by atoms with Gasteiger partial charge in [0.2, 0.25) is 5.89 Å². The van der Waals surface area contributed by atoms with Gasteiger partial charge < -0.3 is 15.2 Å². The Morgan fingerprint density at radius 2 is 2.20 bits per heavy atom. The van der Waals surface area contributed by atoms with E-state index in [1.165, 1.54) is 0 Å². The molecule has 1 unspecified atom stereocenters. The molecule has 1 rings (SSSR count). The Balaban J connectivity index is 2.59. The highest BCUT2D eigenvalue weighted by molar-refractivity contribution is 5.25. The molecule has 5 nitrogen and oxygen atoms in total. The molecule has 0 amide bonds. The highest BCUT2D eigenvalue weighted by Gasteiger charge is 2.13. The van der Waals surface area contributed by atoms with E-state index < -0.39 is 0 Å². The van der Waals surface area contributed by atoms with Crippen molar-refractivity contribution in [3.8, 4) is 0 Å². The van der Waals surface area contributed by atoms with Gasteiger partial charge in [-0.25, -0.2) is 0 Å². The number of nitrogens with two attached hydrogens (primary N) is 1. The molecule has 0 aliphatic carbocycles. The maximum atomic E-state index is 5.62. The maximum Gasteiger partial charge on any atom is 0.265 e. The molecule has 0 saturated carbocycles. The molecule has 0 aliphatic heterocycles. The molecule has 0 fully saturated rings. The van der Waals surface area contributed by atoms with Crippen LogP contribution >= 0.6 is 0 Å². The van der Waals surface area contributed by atoms with E-state index in [-0.39, 0.29) is 0 Å². The van der Waals surface area contributed by atoms with E-state index in [2.05, 4.69) is 17.1 Å². The molecular formula is C10H20N4O. The third-order valence-corrected chi connectivity index (χ3v) is 2.65. The lowest BCUT2D eigenvalue weighted by Gasteiger charge is -2.09. The van der Waals surface area contributed by atoms with Gasteiger partial charge in [0.05, 0.1) is 0 Å². The Kier molecular flexibility index (Phi) is 4.55. The lowest BCUT2D eigenvalue weighted by molar-refractivity contribution is 0.350. The van der Waals surface area contributed by atoms with Crippen LogP contribution in [-0.4, -0.2) is 30.3 Å². The lowest BCUT2D eigenvalue weighted by atomic mass is 10.0. The minimum Gasteiger partial charge on any atom is -0.342 e. The number of anilines is 1. The van der Waals surface area contributed by atoms with E-state index in [1.54, 1.807) is 0 Å². The fourth-order valence-corrected chi connectivity index (χ4v) is 1.27. The Bertz CT molecular complexity index is 283. The number of aromatic nitrogens is 2. The van der Waals surface area contributed by atoms with Crippen molar-refractivity contribution >= 4 is 5.95 Å². The predicted octanol–water partition coefficient (Wildman–Crippen LogP) is 1.05. The highest BCUT2D eigenvalue weighted by Crippen LogP contribution is 2.12. The number of rotatable bonds is 6. The van der Waals surface area contributed by atoms with Crippen molar-refractivity contribution < 1.29 is 4.52 Å². The largest absolute Gasteiger partial charge is 0.342 e. The van der Waals surface area contributed by atoms with Gasteiger partial charge in [-0.3, -0.25) is 0 Å². The van der Waals surface area contributed by atoms with Crippen molar-refractivity contribution in [2.75, 3.05) is 25.0 Å². The molecule has 15 heavy (non-hydrogen) atoms. The van der Waals surface area contributed by atoms with E-state index >= 15 is 0 Å². The van der Waals surface area contributed by atoms with Crippen LogP contribution in [0, 0.1) is 5.92 Å². The first kappa shape index (κ1) is 12.0. The second-order valence-corrected chi connectivity index (χ2v) is 3.72. The zero-order valence-corrected chi connectivity index (χ0v) is 9.73. The van der Waals surface area contributed by atoms with Crippen molar-refractivity contribution in [1.82, 2.24) is 10.1 Å². The summed E-state index contributed by atoms with van der Waals surface area (Å²) in [5.74, 6) is 1.77. The molecule has 2 N–H and O–H groups in total. The van der Waals surface area contributed by atoms with Crippen molar-refractivity contribution in [2.45, 2.75) is 26.7 Å². The molecular weight excluding hydrogens is 192 g/mol. The van der Waals surface area contributed by atoms with Crippen LogP contribution in [0.15, 0.2) is 4.52 Å². The summed E-state index contributed by atoms with van der Waals surface area (Å²) >= 11 is 0. The molecule has 1 heterocycles. The van der Waals surface area contributed by atoms with Gasteiger partial charge in [0.15, 0.2) is 0 Å². The topological polar surface area (TPSA) is 68.2 Å². The van der Waals surface area contributed by atoms with E-state index in [4.69, 9.17) is 10.3 Å². The van der Waals surface area contributed by atoms with E-state index in [0.717, 1.165) is 19.4 Å². The zero-order chi connectivity index (χ0) is 11.3. The first-order valence-corrected chi connectivity index (χ1v) is 5.45. The van der Waals surface area contributed by atoms with Gasteiger partial charge in [-0.1, -0.05) is 13.3 Å². The summed E-state index contributed by atoms with van der Waals surface area (Å²) in [6.07, 6.45) is 1.81. The Labute approximate surface area is 90.6 Å². The van der Waals surface area contributed by atoms with Crippen LogP contribution in [0.5, 0.6) is 0 Å².